The predicted molar refractivity (Wildman–Crippen MR) is 77.5 cm³/mol. The van der Waals surface area contributed by atoms with Gasteiger partial charge < -0.3 is 15.5 Å². The second kappa shape index (κ2) is 4.70. The van der Waals surface area contributed by atoms with Gasteiger partial charge >= 0.3 is 5.97 Å². The third-order valence-corrected chi connectivity index (χ3v) is 4.26. The number of carboxylic acids is 1. The number of rotatable bonds is 4. The van der Waals surface area contributed by atoms with Crippen molar-refractivity contribution in [3.63, 3.8) is 0 Å². The van der Waals surface area contributed by atoms with E-state index in [-0.39, 0.29) is 12.2 Å². The highest BCUT2D eigenvalue weighted by Crippen LogP contribution is 2.38. The van der Waals surface area contributed by atoms with Gasteiger partial charge in [-0.1, -0.05) is 0 Å². The Labute approximate surface area is 121 Å². The Hall–Kier alpha value is -2.15. The minimum absolute atomic E-state index is 0.0187. The van der Waals surface area contributed by atoms with E-state index in [9.17, 15) is 15.0 Å². The van der Waals surface area contributed by atoms with Crippen LogP contribution in [0.2, 0.25) is 0 Å². The SMILES string of the molecule is Cc1nn(C)c2ncc(C(=O)O)c(NC3(CO)CCC3)c12. The molecular formula is C14H18N4O3. The van der Waals surface area contributed by atoms with Crippen LogP contribution in [0, 0.1) is 6.92 Å². The first-order valence-corrected chi connectivity index (χ1v) is 6.92. The van der Waals surface area contributed by atoms with Gasteiger partial charge in [0, 0.05) is 13.2 Å². The van der Waals surface area contributed by atoms with Crippen molar-refractivity contribution in [3.05, 3.63) is 17.5 Å². The number of fused-ring (bicyclic) bond motifs is 1. The molecule has 0 spiro atoms. The molecule has 0 saturated heterocycles. The molecule has 2 aromatic rings. The van der Waals surface area contributed by atoms with Gasteiger partial charge in [0.1, 0.15) is 5.56 Å². The first-order chi connectivity index (χ1) is 9.97. The number of aromatic carboxylic acids is 1. The molecule has 1 fully saturated rings. The van der Waals surface area contributed by atoms with Crippen molar-refractivity contribution in [3.8, 4) is 0 Å². The van der Waals surface area contributed by atoms with Gasteiger partial charge in [-0.25, -0.2) is 9.78 Å². The standard InChI is InChI=1S/C14H18N4O3/c1-8-10-11(16-14(7-19)4-3-5-14)9(13(20)21)6-15-12(10)18(2)17-8/h6,19H,3-5,7H2,1-2H3,(H,15,16)(H,20,21). The fourth-order valence-corrected chi connectivity index (χ4v) is 2.90. The molecule has 7 nitrogen and oxygen atoms in total. The molecule has 0 unspecified atom stereocenters. The summed E-state index contributed by atoms with van der Waals surface area (Å²) in [7, 11) is 1.78. The summed E-state index contributed by atoms with van der Waals surface area (Å²) in [5.41, 5.74) is 1.54. The maximum absolute atomic E-state index is 11.5. The second-order valence-corrected chi connectivity index (χ2v) is 5.68. The molecule has 3 N–H and O–H groups in total. The number of aromatic nitrogens is 3. The van der Waals surface area contributed by atoms with E-state index in [4.69, 9.17) is 0 Å². The van der Waals surface area contributed by atoms with Crippen LogP contribution >= 0.6 is 0 Å². The first-order valence-electron chi connectivity index (χ1n) is 6.92. The van der Waals surface area contributed by atoms with Crippen LogP contribution in [0.1, 0.15) is 35.3 Å². The lowest BCUT2D eigenvalue weighted by molar-refractivity contribution is 0.0697. The predicted octanol–water partition coefficient (Wildman–Crippen LogP) is 1.30. The molecule has 1 aliphatic carbocycles. The minimum atomic E-state index is -1.04. The van der Waals surface area contributed by atoms with Crippen LogP contribution in [0.3, 0.4) is 0 Å². The van der Waals surface area contributed by atoms with E-state index in [2.05, 4.69) is 15.4 Å². The summed E-state index contributed by atoms with van der Waals surface area (Å²) in [6, 6.07) is 0. The number of carbonyl (C=O) groups is 1. The smallest absolute Gasteiger partial charge is 0.339 e. The van der Waals surface area contributed by atoms with Crippen LogP contribution < -0.4 is 5.32 Å². The molecular weight excluding hydrogens is 272 g/mol. The summed E-state index contributed by atoms with van der Waals surface area (Å²) in [5.74, 6) is -1.04. The third kappa shape index (κ3) is 2.04. The number of hydrogen-bond donors (Lipinski definition) is 3. The summed E-state index contributed by atoms with van der Waals surface area (Å²) in [4.78, 5) is 15.7. The molecule has 0 aromatic carbocycles. The Balaban J connectivity index is 2.21. The van der Waals surface area contributed by atoms with E-state index in [0.29, 0.717) is 16.7 Å². The zero-order chi connectivity index (χ0) is 15.2. The van der Waals surface area contributed by atoms with Gasteiger partial charge in [-0.05, 0) is 26.2 Å². The third-order valence-electron chi connectivity index (χ3n) is 4.26. The van der Waals surface area contributed by atoms with E-state index >= 15 is 0 Å². The molecule has 0 atom stereocenters. The number of hydrogen-bond acceptors (Lipinski definition) is 5. The molecule has 2 aromatic heterocycles. The molecule has 0 bridgehead atoms. The maximum atomic E-state index is 11.5. The van der Waals surface area contributed by atoms with Crippen LogP contribution in [0.4, 0.5) is 5.69 Å². The number of carboxylic acid groups (broad SMARTS) is 1. The highest BCUT2D eigenvalue weighted by atomic mass is 16.4. The number of aliphatic hydroxyl groups is 1. The van der Waals surface area contributed by atoms with Crippen molar-refractivity contribution in [2.24, 2.45) is 7.05 Å². The zero-order valence-electron chi connectivity index (χ0n) is 12.1. The minimum Gasteiger partial charge on any atom is -0.478 e. The lowest BCUT2D eigenvalue weighted by Gasteiger charge is -2.42. The van der Waals surface area contributed by atoms with Gasteiger partial charge in [0.25, 0.3) is 0 Å². The van der Waals surface area contributed by atoms with E-state index in [1.54, 1.807) is 11.7 Å². The van der Waals surface area contributed by atoms with Crippen LogP contribution in [0.5, 0.6) is 0 Å². The summed E-state index contributed by atoms with van der Waals surface area (Å²) in [6.45, 7) is 1.81. The van der Waals surface area contributed by atoms with Gasteiger partial charge in [-0.3, -0.25) is 4.68 Å². The van der Waals surface area contributed by atoms with Gasteiger partial charge in [0.15, 0.2) is 5.65 Å². The molecule has 21 heavy (non-hydrogen) atoms. The molecule has 112 valence electrons. The average molecular weight is 290 g/mol. The van der Waals surface area contributed by atoms with Crippen molar-refractivity contribution in [2.75, 3.05) is 11.9 Å². The highest BCUT2D eigenvalue weighted by molar-refractivity contribution is 6.04. The molecule has 0 radical (unpaired) electrons. The van der Waals surface area contributed by atoms with Crippen LogP contribution in [-0.4, -0.2) is 43.1 Å². The Morgan fingerprint density at radius 3 is 2.76 bits per heavy atom. The topological polar surface area (TPSA) is 100 Å². The van der Waals surface area contributed by atoms with E-state index in [1.165, 1.54) is 6.20 Å². The number of aliphatic hydroxyl groups excluding tert-OH is 1. The van der Waals surface area contributed by atoms with Crippen molar-refractivity contribution in [2.45, 2.75) is 31.7 Å². The van der Waals surface area contributed by atoms with E-state index < -0.39 is 11.5 Å². The van der Waals surface area contributed by atoms with Crippen LogP contribution in [0.15, 0.2) is 6.20 Å². The first kappa shape index (κ1) is 13.8. The number of nitrogens with zero attached hydrogens (tertiary/aromatic N) is 3. The Bertz CT molecular complexity index is 713. The van der Waals surface area contributed by atoms with E-state index in [0.717, 1.165) is 25.0 Å². The molecule has 7 heteroatoms. The van der Waals surface area contributed by atoms with E-state index in [1.807, 2.05) is 6.92 Å². The highest BCUT2D eigenvalue weighted by Gasteiger charge is 2.38. The summed E-state index contributed by atoms with van der Waals surface area (Å²) in [6.07, 6.45) is 4.02. The van der Waals surface area contributed by atoms with Gasteiger partial charge in [-0.15, -0.1) is 0 Å². The van der Waals surface area contributed by atoms with Gasteiger partial charge in [0.2, 0.25) is 0 Å². The summed E-state index contributed by atoms with van der Waals surface area (Å²) >= 11 is 0. The number of anilines is 1. The molecule has 3 rings (SSSR count). The average Bonchev–Trinajstić information content (AvgIpc) is 2.69. The Morgan fingerprint density at radius 2 is 2.24 bits per heavy atom. The molecule has 2 heterocycles. The number of pyridine rings is 1. The van der Waals surface area contributed by atoms with Gasteiger partial charge in [-0.2, -0.15) is 5.10 Å². The molecule has 1 aliphatic rings. The normalized spacial score (nSPS) is 16.7. The maximum Gasteiger partial charge on any atom is 0.339 e. The fourth-order valence-electron chi connectivity index (χ4n) is 2.90. The fraction of sp³-hybridized carbons (Fsp3) is 0.500. The van der Waals surface area contributed by atoms with Crippen molar-refractivity contribution in [1.29, 1.82) is 0 Å². The largest absolute Gasteiger partial charge is 0.478 e. The number of aryl methyl sites for hydroxylation is 2. The lowest BCUT2D eigenvalue weighted by atomic mass is 9.77. The van der Waals surface area contributed by atoms with Crippen LogP contribution in [0.25, 0.3) is 11.0 Å². The monoisotopic (exact) mass is 290 g/mol. The van der Waals surface area contributed by atoms with Gasteiger partial charge in [0.05, 0.1) is 28.9 Å². The lowest BCUT2D eigenvalue weighted by Crippen LogP contribution is -2.48. The number of nitrogens with one attached hydrogen (secondary N) is 1. The molecule has 0 aliphatic heterocycles. The van der Waals surface area contributed by atoms with Crippen molar-refractivity contribution < 1.29 is 15.0 Å². The summed E-state index contributed by atoms with van der Waals surface area (Å²) in [5, 5.41) is 27.3. The second-order valence-electron chi connectivity index (χ2n) is 5.68. The van der Waals surface area contributed by atoms with Crippen LogP contribution in [-0.2, 0) is 7.05 Å². The van der Waals surface area contributed by atoms with Crippen molar-refractivity contribution >= 4 is 22.7 Å². The summed E-state index contributed by atoms with van der Waals surface area (Å²) < 4.78 is 1.63. The Kier molecular flexibility index (Phi) is 3.09. The zero-order valence-corrected chi connectivity index (χ0v) is 12.1. The Morgan fingerprint density at radius 1 is 1.52 bits per heavy atom. The molecule has 1 saturated carbocycles. The van der Waals surface area contributed by atoms with Crippen molar-refractivity contribution in [1.82, 2.24) is 14.8 Å². The quantitative estimate of drug-likeness (QED) is 0.785. The molecule has 0 amide bonds.